The summed E-state index contributed by atoms with van der Waals surface area (Å²) in [5.74, 6) is 1.79. The fraction of sp³-hybridized carbons (Fsp3) is 0.200. The molecule has 3 rings (SSSR count). The summed E-state index contributed by atoms with van der Waals surface area (Å²) in [6.45, 7) is 0.695. The van der Waals surface area contributed by atoms with Crippen LogP contribution in [0.1, 0.15) is 5.69 Å². The van der Waals surface area contributed by atoms with Crippen molar-refractivity contribution in [2.75, 3.05) is 12.4 Å². The Bertz CT molecular complexity index is 721. The van der Waals surface area contributed by atoms with Crippen LogP contribution in [0.4, 0.5) is 5.82 Å². The molecule has 2 aromatic heterocycles. The van der Waals surface area contributed by atoms with E-state index in [0.717, 1.165) is 28.5 Å². The number of nitrogens with zero attached hydrogens (tertiary/aromatic N) is 3. The van der Waals surface area contributed by atoms with Gasteiger partial charge in [-0.15, -0.1) is 11.3 Å². The summed E-state index contributed by atoms with van der Waals surface area (Å²) < 4.78 is 7.09. The van der Waals surface area contributed by atoms with Gasteiger partial charge in [-0.25, -0.2) is 4.98 Å². The third-order valence-electron chi connectivity index (χ3n) is 3.18. The van der Waals surface area contributed by atoms with Gasteiger partial charge in [-0.3, -0.25) is 4.68 Å². The van der Waals surface area contributed by atoms with Gasteiger partial charge in [0, 0.05) is 24.1 Å². The maximum Gasteiger partial charge on any atom is 0.124 e. The Morgan fingerprint density at radius 3 is 3.00 bits per heavy atom. The first-order valence-electron chi connectivity index (χ1n) is 6.55. The zero-order chi connectivity index (χ0) is 14.7. The van der Waals surface area contributed by atoms with Crippen molar-refractivity contribution in [2.45, 2.75) is 6.54 Å². The molecular formula is C15H16N4OS. The predicted octanol–water partition coefficient (Wildman–Crippen LogP) is 3.16. The van der Waals surface area contributed by atoms with E-state index in [4.69, 9.17) is 4.74 Å². The van der Waals surface area contributed by atoms with E-state index in [1.165, 1.54) is 0 Å². The van der Waals surface area contributed by atoms with Crippen LogP contribution in [0.5, 0.6) is 5.75 Å². The van der Waals surface area contributed by atoms with Gasteiger partial charge in [0.1, 0.15) is 11.6 Å². The molecule has 0 saturated heterocycles. The molecule has 0 bridgehead atoms. The lowest BCUT2D eigenvalue weighted by Crippen LogP contribution is -2.04. The second kappa shape index (κ2) is 5.97. The van der Waals surface area contributed by atoms with Crippen molar-refractivity contribution in [3.63, 3.8) is 0 Å². The fourth-order valence-electron chi connectivity index (χ4n) is 2.06. The fourth-order valence-corrected chi connectivity index (χ4v) is 2.62. The summed E-state index contributed by atoms with van der Waals surface area (Å²) in [6.07, 6.45) is 0. The monoisotopic (exact) mass is 300 g/mol. The van der Waals surface area contributed by atoms with E-state index >= 15 is 0 Å². The maximum absolute atomic E-state index is 5.25. The predicted molar refractivity (Wildman–Crippen MR) is 84.6 cm³/mol. The third kappa shape index (κ3) is 3.05. The molecule has 0 unspecified atom stereocenters. The van der Waals surface area contributed by atoms with Gasteiger partial charge in [-0.2, -0.15) is 5.10 Å². The molecule has 0 spiro atoms. The summed E-state index contributed by atoms with van der Waals surface area (Å²) in [4.78, 5) is 4.26. The highest BCUT2D eigenvalue weighted by Crippen LogP contribution is 2.25. The smallest absolute Gasteiger partial charge is 0.124 e. The maximum atomic E-state index is 5.25. The van der Waals surface area contributed by atoms with Crippen molar-refractivity contribution in [1.82, 2.24) is 14.8 Å². The van der Waals surface area contributed by atoms with Crippen LogP contribution < -0.4 is 10.1 Å². The van der Waals surface area contributed by atoms with Crippen LogP contribution in [-0.2, 0) is 13.6 Å². The van der Waals surface area contributed by atoms with Crippen LogP contribution in [0, 0.1) is 0 Å². The highest BCUT2D eigenvalue weighted by molar-refractivity contribution is 7.07. The van der Waals surface area contributed by atoms with Gasteiger partial charge in [0.2, 0.25) is 0 Å². The number of nitrogens with one attached hydrogen (secondary N) is 1. The zero-order valence-corrected chi connectivity index (χ0v) is 12.7. The zero-order valence-electron chi connectivity index (χ0n) is 11.9. The van der Waals surface area contributed by atoms with Crippen LogP contribution in [-0.4, -0.2) is 21.9 Å². The minimum Gasteiger partial charge on any atom is -0.497 e. The number of thiazole rings is 1. The molecule has 0 amide bonds. The van der Waals surface area contributed by atoms with E-state index in [1.807, 2.05) is 53.0 Å². The van der Waals surface area contributed by atoms with Gasteiger partial charge in [0.15, 0.2) is 0 Å². The molecule has 0 aliphatic carbocycles. The summed E-state index contributed by atoms with van der Waals surface area (Å²) in [7, 11) is 3.59. The molecule has 6 heteroatoms. The quantitative estimate of drug-likeness (QED) is 0.786. The summed E-state index contributed by atoms with van der Waals surface area (Å²) in [6, 6.07) is 9.92. The molecule has 0 aliphatic rings. The Labute approximate surface area is 127 Å². The summed E-state index contributed by atoms with van der Waals surface area (Å²) in [5, 5.41) is 9.92. The topological polar surface area (TPSA) is 52.0 Å². The number of benzene rings is 1. The first-order valence-corrected chi connectivity index (χ1v) is 7.50. The Morgan fingerprint density at radius 1 is 1.33 bits per heavy atom. The molecular weight excluding hydrogens is 284 g/mol. The van der Waals surface area contributed by atoms with E-state index in [2.05, 4.69) is 15.4 Å². The number of methoxy groups -OCH3 is 1. The molecule has 0 atom stereocenters. The van der Waals surface area contributed by atoms with E-state index in [-0.39, 0.29) is 0 Å². The number of ether oxygens (including phenoxy) is 1. The van der Waals surface area contributed by atoms with E-state index in [0.29, 0.717) is 6.54 Å². The number of hydrogen-bond donors (Lipinski definition) is 1. The molecule has 21 heavy (non-hydrogen) atoms. The van der Waals surface area contributed by atoms with Crippen LogP contribution in [0.15, 0.2) is 41.2 Å². The second-order valence-corrected chi connectivity index (χ2v) is 5.32. The Kier molecular flexibility index (Phi) is 3.87. The first-order chi connectivity index (χ1) is 10.3. The number of rotatable bonds is 5. The molecule has 0 fully saturated rings. The van der Waals surface area contributed by atoms with Crippen molar-refractivity contribution >= 4 is 17.2 Å². The molecule has 0 saturated carbocycles. The Hall–Kier alpha value is -2.34. The normalized spacial score (nSPS) is 10.6. The largest absolute Gasteiger partial charge is 0.497 e. The van der Waals surface area contributed by atoms with Gasteiger partial charge < -0.3 is 10.1 Å². The van der Waals surface area contributed by atoms with Gasteiger partial charge in [-0.05, 0) is 12.1 Å². The molecule has 5 nitrogen and oxygen atoms in total. The van der Waals surface area contributed by atoms with Crippen LogP contribution in [0.3, 0.4) is 0 Å². The van der Waals surface area contributed by atoms with Crippen molar-refractivity contribution in [2.24, 2.45) is 7.05 Å². The molecule has 0 radical (unpaired) electrons. The van der Waals surface area contributed by atoms with Crippen LogP contribution in [0.2, 0.25) is 0 Å². The van der Waals surface area contributed by atoms with Crippen molar-refractivity contribution < 1.29 is 4.74 Å². The Balaban J connectivity index is 1.80. The van der Waals surface area contributed by atoms with Crippen molar-refractivity contribution in [1.29, 1.82) is 0 Å². The van der Waals surface area contributed by atoms with Crippen molar-refractivity contribution in [3.8, 4) is 17.0 Å². The lowest BCUT2D eigenvalue weighted by molar-refractivity contribution is 0.415. The van der Waals surface area contributed by atoms with Gasteiger partial charge >= 0.3 is 0 Å². The highest BCUT2D eigenvalue weighted by atomic mass is 32.1. The summed E-state index contributed by atoms with van der Waals surface area (Å²) >= 11 is 1.60. The van der Waals surface area contributed by atoms with E-state index < -0.39 is 0 Å². The lowest BCUT2D eigenvalue weighted by Gasteiger charge is -2.03. The van der Waals surface area contributed by atoms with Gasteiger partial charge in [-0.1, -0.05) is 12.1 Å². The number of aromatic nitrogens is 3. The average molecular weight is 300 g/mol. The average Bonchev–Trinajstić information content (AvgIpc) is 3.15. The number of anilines is 1. The van der Waals surface area contributed by atoms with Crippen molar-refractivity contribution in [3.05, 3.63) is 46.9 Å². The first kappa shape index (κ1) is 13.6. The van der Waals surface area contributed by atoms with Gasteiger partial charge in [0.05, 0.1) is 30.6 Å². The minimum absolute atomic E-state index is 0.695. The second-order valence-electron chi connectivity index (χ2n) is 4.60. The summed E-state index contributed by atoms with van der Waals surface area (Å²) in [5.41, 5.74) is 4.81. The standard InChI is InChI=1S/C15H16N4OS/c1-19-15(16-8-12-9-21-10-17-12)7-14(18-19)11-4-3-5-13(6-11)20-2/h3-7,9-10,16H,8H2,1-2H3. The molecule has 108 valence electrons. The SMILES string of the molecule is COc1cccc(-c2cc(NCc3cscn3)n(C)n2)c1. The van der Waals surface area contributed by atoms with E-state index in [1.54, 1.807) is 18.4 Å². The molecule has 0 aliphatic heterocycles. The lowest BCUT2D eigenvalue weighted by atomic mass is 10.1. The Morgan fingerprint density at radius 2 is 2.24 bits per heavy atom. The minimum atomic E-state index is 0.695. The highest BCUT2D eigenvalue weighted by Gasteiger charge is 2.08. The molecule has 2 heterocycles. The van der Waals surface area contributed by atoms with Crippen LogP contribution >= 0.6 is 11.3 Å². The number of hydrogen-bond acceptors (Lipinski definition) is 5. The molecule has 3 aromatic rings. The third-order valence-corrected chi connectivity index (χ3v) is 3.81. The molecule has 1 aromatic carbocycles. The molecule has 1 N–H and O–H groups in total. The number of aryl methyl sites for hydroxylation is 1. The van der Waals surface area contributed by atoms with E-state index in [9.17, 15) is 0 Å². The van der Waals surface area contributed by atoms with Crippen LogP contribution in [0.25, 0.3) is 11.3 Å². The van der Waals surface area contributed by atoms with Gasteiger partial charge in [0.25, 0.3) is 0 Å².